The zero-order chi connectivity index (χ0) is 13.2. The van der Waals surface area contributed by atoms with Crippen molar-refractivity contribution in [3.05, 3.63) is 38.4 Å². The summed E-state index contributed by atoms with van der Waals surface area (Å²) in [6.45, 7) is 1.36. The molecule has 2 aromatic heterocycles. The van der Waals surface area contributed by atoms with Crippen LogP contribution in [0.4, 0.5) is 0 Å². The number of fused-ring (bicyclic) bond motifs is 1. The number of rotatable bonds is 3. The van der Waals surface area contributed by atoms with Crippen LogP contribution in [0.15, 0.2) is 15.3 Å². The lowest BCUT2D eigenvalue weighted by Crippen LogP contribution is -2.25. The Labute approximate surface area is 118 Å². The van der Waals surface area contributed by atoms with Gasteiger partial charge in [-0.15, -0.1) is 0 Å². The summed E-state index contributed by atoms with van der Waals surface area (Å²) in [5.41, 5.74) is 1.95. The van der Waals surface area contributed by atoms with Crippen molar-refractivity contribution in [2.75, 3.05) is 6.61 Å². The molecular formula is C12H11ClN2O3S. The van der Waals surface area contributed by atoms with Gasteiger partial charge >= 0.3 is 0 Å². The van der Waals surface area contributed by atoms with Crippen LogP contribution in [0.25, 0.3) is 0 Å². The third-order valence-corrected chi connectivity index (χ3v) is 4.21. The molecule has 2 aromatic rings. The van der Waals surface area contributed by atoms with Gasteiger partial charge in [-0.25, -0.2) is 0 Å². The fourth-order valence-corrected chi connectivity index (χ4v) is 2.95. The maximum Gasteiger partial charge on any atom is 0.274 e. The number of carbonyl (C=O) groups is 1. The van der Waals surface area contributed by atoms with Gasteiger partial charge in [-0.3, -0.25) is 4.79 Å². The van der Waals surface area contributed by atoms with Crippen molar-refractivity contribution in [2.45, 2.75) is 19.6 Å². The van der Waals surface area contributed by atoms with Crippen LogP contribution in [0.5, 0.6) is 0 Å². The number of hydrogen-bond acceptors (Lipinski definition) is 5. The minimum atomic E-state index is -0.266. The third kappa shape index (κ3) is 2.51. The molecule has 1 amide bonds. The summed E-state index contributed by atoms with van der Waals surface area (Å²) in [6.07, 6.45) is 0.659. The fourth-order valence-electron chi connectivity index (χ4n) is 1.90. The van der Waals surface area contributed by atoms with Gasteiger partial charge in [0.05, 0.1) is 23.8 Å². The molecule has 0 fully saturated rings. The Bertz CT molecular complexity index is 608. The maximum absolute atomic E-state index is 12.1. The average molecular weight is 299 g/mol. The van der Waals surface area contributed by atoms with E-state index in [0.717, 1.165) is 16.9 Å². The number of ether oxygens (including phenoxy) is 1. The Hall–Kier alpha value is -1.37. The van der Waals surface area contributed by atoms with Crippen LogP contribution >= 0.6 is 22.9 Å². The smallest absolute Gasteiger partial charge is 0.274 e. The first-order valence-corrected chi connectivity index (χ1v) is 7.11. The number of thiophene rings is 1. The molecule has 0 unspecified atom stereocenters. The van der Waals surface area contributed by atoms with Crippen molar-refractivity contribution in [1.29, 1.82) is 0 Å². The minimum absolute atomic E-state index is 0.266. The molecular weight excluding hydrogens is 288 g/mol. The first-order chi connectivity index (χ1) is 9.25. The Morgan fingerprint density at radius 1 is 1.53 bits per heavy atom. The first-order valence-electron chi connectivity index (χ1n) is 5.79. The average Bonchev–Trinajstić information content (AvgIpc) is 3.02. The van der Waals surface area contributed by atoms with Crippen molar-refractivity contribution in [3.63, 3.8) is 0 Å². The van der Waals surface area contributed by atoms with E-state index in [1.165, 1.54) is 11.3 Å². The highest BCUT2D eigenvalue weighted by molar-refractivity contribution is 7.08. The molecule has 0 bridgehead atoms. The largest absolute Gasteiger partial charge is 0.376 e. The number of hydrogen-bond donors (Lipinski definition) is 1. The molecule has 0 saturated heterocycles. The quantitative estimate of drug-likeness (QED) is 0.945. The Balaban J connectivity index is 1.71. The van der Waals surface area contributed by atoms with Crippen molar-refractivity contribution in [3.8, 4) is 0 Å². The Morgan fingerprint density at radius 3 is 3.21 bits per heavy atom. The zero-order valence-electron chi connectivity index (χ0n) is 9.94. The highest BCUT2D eigenvalue weighted by atomic mass is 35.5. The third-order valence-electron chi connectivity index (χ3n) is 2.93. The molecule has 0 aromatic carbocycles. The molecule has 0 aliphatic carbocycles. The van der Waals surface area contributed by atoms with Crippen LogP contribution in [0.2, 0.25) is 5.02 Å². The van der Waals surface area contributed by atoms with E-state index in [1.807, 2.05) is 10.8 Å². The summed E-state index contributed by atoms with van der Waals surface area (Å²) >= 11 is 7.47. The molecule has 1 aliphatic rings. The van der Waals surface area contributed by atoms with E-state index in [4.69, 9.17) is 20.9 Å². The van der Waals surface area contributed by atoms with Gasteiger partial charge in [0.1, 0.15) is 5.76 Å². The molecule has 1 N–H and O–H groups in total. The van der Waals surface area contributed by atoms with Gasteiger partial charge in [-0.2, -0.15) is 11.3 Å². The van der Waals surface area contributed by atoms with Crippen molar-refractivity contribution in [2.24, 2.45) is 0 Å². The van der Waals surface area contributed by atoms with Crippen LogP contribution in [-0.4, -0.2) is 17.7 Å². The summed E-state index contributed by atoms with van der Waals surface area (Å²) in [4.78, 5) is 12.1. The maximum atomic E-state index is 12.1. The van der Waals surface area contributed by atoms with E-state index in [2.05, 4.69) is 10.5 Å². The second-order valence-electron chi connectivity index (χ2n) is 4.16. The van der Waals surface area contributed by atoms with Crippen LogP contribution < -0.4 is 5.32 Å². The summed E-state index contributed by atoms with van der Waals surface area (Å²) in [5.74, 6) is 0.475. The van der Waals surface area contributed by atoms with Gasteiger partial charge in [0, 0.05) is 23.9 Å². The van der Waals surface area contributed by atoms with Gasteiger partial charge in [-0.05, 0) is 5.38 Å². The molecule has 19 heavy (non-hydrogen) atoms. The van der Waals surface area contributed by atoms with Crippen molar-refractivity contribution < 1.29 is 14.1 Å². The summed E-state index contributed by atoms with van der Waals surface area (Å²) in [5, 5.41) is 11.0. The highest BCUT2D eigenvalue weighted by Gasteiger charge is 2.24. The molecule has 3 heterocycles. The van der Waals surface area contributed by atoms with E-state index in [-0.39, 0.29) is 5.91 Å². The molecule has 100 valence electrons. The van der Waals surface area contributed by atoms with Gasteiger partial charge in [-0.1, -0.05) is 16.8 Å². The molecule has 0 spiro atoms. The van der Waals surface area contributed by atoms with E-state index in [0.29, 0.717) is 36.9 Å². The monoisotopic (exact) mass is 298 g/mol. The molecule has 5 nitrogen and oxygen atoms in total. The van der Waals surface area contributed by atoms with Gasteiger partial charge in [0.15, 0.2) is 5.69 Å². The standard InChI is InChI=1S/C12H11ClN2O3S/c13-9-6-19-5-7(9)3-14-12(16)11-8-4-17-2-1-10(8)18-15-11/h5-6H,1-4H2,(H,14,16). The van der Waals surface area contributed by atoms with Gasteiger partial charge in [0.2, 0.25) is 0 Å². The number of amides is 1. The van der Waals surface area contributed by atoms with Crippen LogP contribution in [0, 0.1) is 0 Å². The van der Waals surface area contributed by atoms with Crippen LogP contribution in [0.3, 0.4) is 0 Å². The molecule has 0 atom stereocenters. The Morgan fingerprint density at radius 2 is 2.42 bits per heavy atom. The fraction of sp³-hybridized carbons (Fsp3) is 0.333. The topological polar surface area (TPSA) is 64.4 Å². The second kappa shape index (κ2) is 5.32. The number of nitrogens with zero attached hydrogens (tertiary/aromatic N) is 1. The first kappa shape index (κ1) is 12.7. The number of aromatic nitrogens is 1. The lowest BCUT2D eigenvalue weighted by atomic mass is 10.1. The summed E-state index contributed by atoms with van der Waals surface area (Å²) in [7, 11) is 0. The van der Waals surface area contributed by atoms with E-state index < -0.39 is 0 Å². The molecule has 0 radical (unpaired) electrons. The number of halogens is 1. The number of carbonyl (C=O) groups excluding carboxylic acids is 1. The van der Waals surface area contributed by atoms with E-state index in [9.17, 15) is 4.79 Å². The van der Waals surface area contributed by atoms with Gasteiger partial charge in [0.25, 0.3) is 5.91 Å². The highest BCUT2D eigenvalue weighted by Crippen LogP contribution is 2.22. The predicted molar refractivity (Wildman–Crippen MR) is 70.4 cm³/mol. The lowest BCUT2D eigenvalue weighted by molar-refractivity contribution is 0.0921. The minimum Gasteiger partial charge on any atom is -0.376 e. The predicted octanol–water partition coefficient (Wildman–Crippen LogP) is 2.39. The molecule has 3 rings (SSSR count). The van der Waals surface area contributed by atoms with E-state index >= 15 is 0 Å². The number of nitrogens with one attached hydrogen (secondary N) is 1. The van der Waals surface area contributed by atoms with Crippen molar-refractivity contribution >= 4 is 28.8 Å². The van der Waals surface area contributed by atoms with E-state index in [1.54, 1.807) is 0 Å². The van der Waals surface area contributed by atoms with Gasteiger partial charge < -0.3 is 14.6 Å². The summed E-state index contributed by atoms with van der Waals surface area (Å²) < 4.78 is 10.5. The molecule has 0 saturated carbocycles. The van der Waals surface area contributed by atoms with Crippen molar-refractivity contribution in [1.82, 2.24) is 10.5 Å². The summed E-state index contributed by atoms with van der Waals surface area (Å²) in [6, 6.07) is 0. The second-order valence-corrected chi connectivity index (χ2v) is 5.31. The molecule has 7 heteroatoms. The Kier molecular flexibility index (Phi) is 3.54. The normalized spacial score (nSPS) is 14.2. The zero-order valence-corrected chi connectivity index (χ0v) is 11.5. The van der Waals surface area contributed by atoms with Crippen LogP contribution in [-0.2, 0) is 24.3 Å². The lowest BCUT2D eigenvalue weighted by Gasteiger charge is -2.10. The molecule has 1 aliphatic heterocycles. The van der Waals surface area contributed by atoms with Crippen LogP contribution in [0.1, 0.15) is 27.4 Å². The SMILES string of the molecule is O=C(NCc1cscc1Cl)c1noc2c1COCC2.